The molecule has 1 aliphatic rings. The molecule has 0 spiro atoms. The molecule has 0 radical (unpaired) electrons. The van der Waals surface area contributed by atoms with Crippen molar-refractivity contribution in [2.75, 3.05) is 5.32 Å². The monoisotopic (exact) mass is 359 g/mol. The first-order chi connectivity index (χ1) is 13.2. The fourth-order valence-electron chi connectivity index (χ4n) is 3.69. The van der Waals surface area contributed by atoms with Gasteiger partial charge in [0.25, 0.3) is 0 Å². The Kier molecular flexibility index (Phi) is 5.05. The van der Waals surface area contributed by atoms with Crippen LogP contribution in [0.25, 0.3) is 0 Å². The summed E-state index contributed by atoms with van der Waals surface area (Å²) in [6.07, 6.45) is 4.66. The molecule has 0 bridgehead atoms. The Morgan fingerprint density at radius 1 is 1.04 bits per heavy atom. The lowest BCUT2D eigenvalue weighted by molar-refractivity contribution is -0.116. The molecule has 1 aromatic heterocycles. The van der Waals surface area contributed by atoms with Crippen molar-refractivity contribution in [3.63, 3.8) is 0 Å². The first kappa shape index (κ1) is 17.5. The normalized spacial score (nSPS) is 14.9. The van der Waals surface area contributed by atoms with E-state index in [1.165, 1.54) is 12.8 Å². The average molecular weight is 359 g/mol. The molecule has 1 unspecified atom stereocenters. The molecular weight excluding hydrogens is 334 g/mol. The standard InChI is InChI=1S/C23H25N3O/c1-17(18-12-13-18)26-22(14-15-24-26)25-23(27)16-21(19-8-4-2-5-9-19)20-10-6-3-7-11-20/h2-11,14-15,17-18,21H,12-13,16H2,1H3,(H,25,27). The summed E-state index contributed by atoms with van der Waals surface area (Å²) in [6.45, 7) is 2.18. The molecule has 0 aliphatic heterocycles. The number of amides is 1. The zero-order valence-corrected chi connectivity index (χ0v) is 15.6. The minimum absolute atomic E-state index is 0.0115. The fourth-order valence-corrected chi connectivity index (χ4v) is 3.69. The maximum absolute atomic E-state index is 12.9. The van der Waals surface area contributed by atoms with Crippen LogP contribution >= 0.6 is 0 Å². The Labute approximate surface area is 160 Å². The van der Waals surface area contributed by atoms with Gasteiger partial charge in [0.15, 0.2) is 0 Å². The minimum atomic E-state index is 0.0115. The number of hydrogen-bond acceptors (Lipinski definition) is 2. The van der Waals surface area contributed by atoms with Crippen LogP contribution in [0.5, 0.6) is 0 Å². The molecule has 138 valence electrons. The minimum Gasteiger partial charge on any atom is -0.311 e. The Morgan fingerprint density at radius 2 is 1.63 bits per heavy atom. The van der Waals surface area contributed by atoms with Crippen molar-refractivity contribution in [3.05, 3.63) is 84.1 Å². The SMILES string of the molecule is CC(C1CC1)n1nccc1NC(=O)CC(c1ccccc1)c1ccccc1. The van der Waals surface area contributed by atoms with Gasteiger partial charge in [-0.05, 0) is 36.8 Å². The average Bonchev–Trinajstić information content (AvgIpc) is 3.46. The first-order valence-electron chi connectivity index (χ1n) is 9.65. The first-order valence-corrected chi connectivity index (χ1v) is 9.65. The molecule has 1 N–H and O–H groups in total. The summed E-state index contributed by atoms with van der Waals surface area (Å²) in [4.78, 5) is 12.9. The molecule has 1 saturated carbocycles. The Bertz CT molecular complexity index is 845. The lowest BCUT2D eigenvalue weighted by Gasteiger charge is -2.19. The highest BCUT2D eigenvalue weighted by Gasteiger charge is 2.31. The Hall–Kier alpha value is -2.88. The van der Waals surface area contributed by atoms with Crippen molar-refractivity contribution in [1.82, 2.24) is 9.78 Å². The fraction of sp³-hybridized carbons (Fsp3) is 0.304. The van der Waals surface area contributed by atoms with E-state index in [1.54, 1.807) is 6.20 Å². The number of carbonyl (C=O) groups is 1. The van der Waals surface area contributed by atoms with E-state index < -0.39 is 0 Å². The smallest absolute Gasteiger partial charge is 0.226 e. The molecule has 2 aromatic carbocycles. The number of nitrogens with zero attached hydrogens (tertiary/aromatic N) is 2. The van der Waals surface area contributed by atoms with Crippen LogP contribution < -0.4 is 5.32 Å². The molecule has 4 heteroatoms. The third-order valence-corrected chi connectivity index (χ3v) is 5.42. The third kappa shape index (κ3) is 4.11. The lowest BCUT2D eigenvalue weighted by atomic mass is 9.88. The van der Waals surface area contributed by atoms with Gasteiger partial charge in [-0.15, -0.1) is 0 Å². The molecular formula is C23H25N3O. The predicted octanol–water partition coefficient (Wildman–Crippen LogP) is 5.01. The number of aromatic nitrogens is 2. The van der Waals surface area contributed by atoms with Crippen LogP contribution in [-0.2, 0) is 4.79 Å². The molecule has 4 nitrogen and oxygen atoms in total. The van der Waals surface area contributed by atoms with Gasteiger partial charge in [-0.25, -0.2) is 4.68 Å². The van der Waals surface area contributed by atoms with Gasteiger partial charge in [0.1, 0.15) is 5.82 Å². The lowest BCUT2D eigenvalue weighted by Crippen LogP contribution is -2.20. The number of rotatable bonds is 7. The van der Waals surface area contributed by atoms with Crippen LogP contribution in [-0.4, -0.2) is 15.7 Å². The number of carbonyl (C=O) groups excluding carboxylic acids is 1. The summed E-state index contributed by atoms with van der Waals surface area (Å²) in [7, 11) is 0. The molecule has 27 heavy (non-hydrogen) atoms. The largest absolute Gasteiger partial charge is 0.311 e. The summed E-state index contributed by atoms with van der Waals surface area (Å²) in [5, 5.41) is 7.51. The van der Waals surface area contributed by atoms with Gasteiger partial charge in [0.05, 0.1) is 12.2 Å². The van der Waals surface area contributed by atoms with Gasteiger partial charge in [0, 0.05) is 18.4 Å². The second-order valence-corrected chi connectivity index (χ2v) is 7.37. The molecule has 4 rings (SSSR count). The van der Waals surface area contributed by atoms with E-state index in [4.69, 9.17) is 0 Å². The molecule has 1 heterocycles. The molecule has 1 amide bonds. The van der Waals surface area contributed by atoms with Crippen molar-refractivity contribution in [2.45, 2.75) is 38.1 Å². The topological polar surface area (TPSA) is 46.9 Å². The number of anilines is 1. The summed E-state index contributed by atoms with van der Waals surface area (Å²) in [6, 6.07) is 22.7. The van der Waals surface area contributed by atoms with Crippen LogP contribution in [0.1, 0.15) is 49.3 Å². The highest BCUT2D eigenvalue weighted by atomic mass is 16.1. The van der Waals surface area contributed by atoms with E-state index in [0.29, 0.717) is 18.4 Å². The van der Waals surface area contributed by atoms with Crippen LogP contribution in [0, 0.1) is 5.92 Å². The number of nitrogens with one attached hydrogen (secondary N) is 1. The zero-order valence-electron chi connectivity index (χ0n) is 15.6. The summed E-state index contributed by atoms with van der Waals surface area (Å²) in [5.41, 5.74) is 2.30. The van der Waals surface area contributed by atoms with E-state index >= 15 is 0 Å². The zero-order chi connectivity index (χ0) is 18.6. The highest BCUT2D eigenvalue weighted by Crippen LogP contribution is 2.40. The molecule has 1 fully saturated rings. The third-order valence-electron chi connectivity index (χ3n) is 5.42. The van der Waals surface area contributed by atoms with E-state index in [1.807, 2.05) is 47.1 Å². The Morgan fingerprint density at radius 3 is 2.19 bits per heavy atom. The van der Waals surface area contributed by atoms with E-state index in [0.717, 1.165) is 16.9 Å². The van der Waals surface area contributed by atoms with Crippen molar-refractivity contribution in [1.29, 1.82) is 0 Å². The summed E-state index contributed by atoms with van der Waals surface area (Å²) < 4.78 is 1.95. The molecule has 0 saturated heterocycles. The number of benzene rings is 2. The van der Waals surface area contributed by atoms with Gasteiger partial charge >= 0.3 is 0 Å². The van der Waals surface area contributed by atoms with Crippen molar-refractivity contribution >= 4 is 11.7 Å². The van der Waals surface area contributed by atoms with Gasteiger partial charge in [-0.3, -0.25) is 4.79 Å². The molecule has 3 aromatic rings. The van der Waals surface area contributed by atoms with Crippen LogP contribution in [0.4, 0.5) is 5.82 Å². The van der Waals surface area contributed by atoms with Crippen molar-refractivity contribution in [3.8, 4) is 0 Å². The maximum Gasteiger partial charge on any atom is 0.226 e. The Balaban J connectivity index is 1.52. The van der Waals surface area contributed by atoms with Crippen LogP contribution in [0.2, 0.25) is 0 Å². The van der Waals surface area contributed by atoms with Crippen molar-refractivity contribution < 1.29 is 4.79 Å². The predicted molar refractivity (Wildman–Crippen MR) is 108 cm³/mol. The van der Waals surface area contributed by atoms with E-state index in [2.05, 4.69) is 41.6 Å². The van der Waals surface area contributed by atoms with Crippen LogP contribution in [0.15, 0.2) is 72.9 Å². The number of hydrogen-bond donors (Lipinski definition) is 1. The summed E-state index contributed by atoms with van der Waals surface area (Å²) >= 11 is 0. The second-order valence-electron chi connectivity index (χ2n) is 7.37. The van der Waals surface area contributed by atoms with Gasteiger partial charge in [0.2, 0.25) is 5.91 Å². The summed E-state index contributed by atoms with van der Waals surface area (Å²) in [5.74, 6) is 1.52. The maximum atomic E-state index is 12.9. The second kappa shape index (κ2) is 7.78. The van der Waals surface area contributed by atoms with Crippen LogP contribution in [0.3, 0.4) is 0 Å². The highest BCUT2D eigenvalue weighted by molar-refractivity contribution is 5.90. The molecule has 1 aliphatic carbocycles. The van der Waals surface area contributed by atoms with E-state index in [-0.39, 0.29) is 11.8 Å². The quantitative estimate of drug-likeness (QED) is 0.644. The van der Waals surface area contributed by atoms with Gasteiger partial charge in [-0.1, -0.05) is 60.7 Å². The molecule has 1 atom stereocenters. The van der Waals surface area contributed by atoms with Gasteiger partial charge in [-0.2, -0.15) is 5.10 Å². The van der Waals surface area contributed by atoms with E-state index in [9.17, 15) is 4.79 Å². The van der Waals surface area contributed by atoms with Crippen molar-refractivity contribution in [2.24, 2.45) is 5.92 Å². The van der Waals surface area contributed by atoms with Gasteiger partial charge < -0.3 is 5.32 Å².